The van der Waals surface area contributed by atoms with E-state index in [0.29, 0.717) is 0 Å². The number of carbonyl (C=O) groups is 1. The molecule has 1 fully saturated rings. The molecule has 1 aromatic rings. The summed E-state index contributed by atoms with van der Waals surface area (Å²) >= 11 is 0. The van der Waals surface area contributed by atoms with Crippen molar-refractivity contribution in [1.82, 2.24) is 5.32 Å². The van der Waals surface area contributed by atoms with Crippen LogP contribution in [0.25, 0.3) is 0 Å². The van der Waals surface area contributed by atoms with Crippen molar-refractivity contribution >= 4 is 11.6 Å². The van der Waals surface area contributed by atoms with E-state index in [0.717, 1.165) is 31.2 Å². The predicted molar refractivity (Wildman–Crippen MR) is 82.7 cm³/mol. The molecular formula is C16H22N2O4. The summed E-state index contributed by atoms with van der Waals surface area (Å²) in [6.45, 7) is 1.91. The lowest BCUT2D eigenvalue weighted by atomic mass is 9.85. The molecule has 1 saturated carbocycles. The molecule has 1 amide bonds. The molecule has 0 heterocycles. The van der Waals surface area contributed by atoms with Crippen LogP contribution in [0.2, 0.25) is 0 Å². The van der Waals surface area contributed by atoms with Crippen LogP contribution >= 0.6 is 0 Å². The van der Waals surface area contributed by atoms with Crippen molar-refractivity contribution in [3.05, 3.63) is 39.4 Å². The fraction of sp³-hybridized carbons (Fsp3) is 0.562. The van der Waals surface area contributed by atoms with Gasteiger partial charge in [0.1, 0.15) is 5.56 Å². The average molecular weight is 306 g/mol. The molecule has 6 heteroatoms. The van der Waals surface area contributed by atoms with Crippen molar-refractivity contribution in [2.24, 2.45) is 5.92 Å². The van der Waals surface area contributed by atoms with E-state index in [1.807, 2.05) is 0 Å². The molecule has 1 aliphatic carbocycles. The van der Waals surface area contributed by atoms with Gasteiger partial charge in [0, 0.05) is 12.6 Å². The first-order valence-electron chi connectivity index (χ1n) is 7.70. The van der Waals surface area contributed by atoms with Crippen LogP contribution in [0, 0.1) is 23.0 Å². The number of nitrogens with one attached hydrogen (secondary N) is 1. The normalized spacial score (nSPS) is 17.0. The topological polar surface area (TPSA) is 92.5 Å². The number of nitrogens with zero attached hydrogens (tertiary/aromatic N) is 1. The van der Waals surface area contributed by atoms with Crippen molar-refractivity contribution in [2.75, 3.05) is 6.54 Å². The van der Waals surface area contributed by atoms with E-state index in [1.165, 1.54) is 18.6 Å². The zero-order valence-corrected chi connectivity index (χ0v) is 12.7. The zero-order valence-electron chi connectivity index (χ0n) is 12.7. The largest absolute Gasteiger partial charge is 0.391 e. The van der Waals surface area contributed by atoms with Crippen LogP contribution in [0.15, 0.2) is 18.2 Å². The highest BCUT2D eigenvalue weighted by Crippen LogP contribution is 2.26. The van der Waals surface area contributed by atoms with Crippen LogP contribution in [-0.4, -0.2) is 28.6 Å². The van der Waals surface area contributed by atoms with Gasteiger partial charge in [-0.2, -0.15) is 0 Å². The number of nitro groups is 1. The third kappa shape index (κ3) is 4.04. The first-order chi connectivity index (χ1) is 10.5. The van der Waals surface area contributed by atoms with Gasteiger partial charge < -0.3 is 10.4 Å². The molecule has 2 rings (SSSR count). The average Bonchev–Trinajstić information content (AvgIpc) is 2.52. The number of hydrogen-bond donors (Lipinski definition) is 2. The maximum Gasteiger partial charge on any atom is 0.282 e. The van der Waals surface area contributed by atoms with E-state index in [2.05, 4.69) is 5.32 Å². The lowest BCUT2D eigenvalue weighted by Gasteiger charge is -2.26. The molecule has 0 aliphatic heterocycles. The zero-order chi connectivity index (χ0) is 16.1. The fourth-order valence-electron chi connectivity index (χ4n) is 2.97. The van der Waals surface area contributed by atoms with Crippen LogP contribution in [0.1, 0.15) is 48.0 Å². The molecule has 2 N–H and O–H groups in total. The van der Waals surface area contributed by atoms with E-state index in [9.17, 15) is 20.0 Å². The minimum absolute atomic E-state index is 0.0424. The van der Waals surface area contributed by atoms with Crippen LogP contribution < -0.4 is 5.32 Å². The smallest absolute Gasteiger partial charge is 0.282 e. The van der Waals surface area contributed by atoms with Gasteiger partial charge in [0.05, 0.1) is 11.0 Å². The Hall–Kier alpha value is -1.95. The molecule has 0 radical (unpaired) electrons. The molecule has 1 aliphatic rings. The van der Waals surface area contributed by atoms with Crippen LogP contribution in [0.3, 0.4) is 0 Å². The number of nitro benzene ring substituents is 1. The number of aryl methyl sites for hydroxylation is 1. The summed E-state index contributed by atoms with van der Waals surface area (Å²) in [5, 5.41) is 23.8. The molecule has 1 aromatic carbocycles. The van der Waals surface area contributed by atoms with Crippen LogP contribution in [0.5, 0.6) is 0 Å². The van der Waals surface area contributed by atoms with Gasteiger partial charge in [-0.3, -0.25) is 14.9 Å². The number of amides is 1. The SMILES string of the molecule is Cc1ccc([N+](=O)[O-])c(C(=O)NC[C@H](O)C2CCCCC2)c1. The summed E-state index contributed by atoms with van der Waals surface area (Å²) in [4.78, 5) is 22.6. The Balaban J connectivity index is 2.00. The lowest BCUT2D eigenvalue weighted by Crippen LogP contribution is -2.37. The Bertz CT molecular complexity index is 553. The van der Waals surface area contributed by atoms with Gasteiger partial charge >= 0.3 is 0 Å². The Kier molecular flexibility index (Phi) is 5.49. The van der Waals surface area contributed by atoms with Gasteiger partial charge in [-0.25, -0.2) is 0 Å². The third-order valence-corrected chi connectivity index (χ3v) is 4.26. The first-order valence-corrected chi connectivity index (χ1v) is 7.70. The Morgan fingerprint density at radius 1 is 1.41 bits per heavy atom. The summed E-state index contributed by atoms with van der Waals surface area (Å²) in [5.41, 5.74) is 0.611. The molecule has 22 heavy (non-hydrogen) atoms. The number of aliphatic hydroxyl groups is 1. The highest BCUT2D eigenvalue weighted by molar-refractivity contribution is 5.98. The second-order valence-corrected chi connectivity index (χ2v) is 5.95. The summed E-state index contributed by atoms with van der Waals surface area (Å²) in [7, 11) is 0. The quantitative estimate of drug-likeness (QED) is 0.646. The Morgan fingerprint density at radius 2 is 2.09 bits per heavy atom. The molecule has 0 aromatic heterocycles. The molecule has 0 spiro atoms. The summed E-state index contributed by atoms with van der Waals surface area (Å²) in [5.74, 6) is -0.299. The molecule has 1 atom stereocenters. The number of rotatable bonds is 5. The van der Waals surface area contributed by atoms with Gasteiger partial charge in [0.25, 0.3) is 11.6 Å². The molecular weight excluding hydrogens is 284 g/mol. The second-order valence-electron chi connectivity index (χ2n) is 5.95. The lowest BCUT2D eigenvalue weighted by molar-refractivity contribution is -0.385. The van der Waals surface area contributed by atoms with E-state index < -0.39 is 16.9 Å². The van der Waals surface area contributed by atoms with Gasteiger partial charge in [-0.1, -0.05) is 25.3 Å². The van der Waals surface area contributed by atoms with Crippen molar-refractivity contribution < 1.29 is 14.8 Å². The summed E-state index contributed by atoms with van der Waals surface area (Å²) < 4.78 is 0. The minimum atomic E-state index is -0.590. The van der Waals surface area contributed by atoms with Gasteiger partial charge in [0.2, 0.25) is 0 Å². The second kappa shape index (κ2) is 7.35. The standard InChI is InChI=1S/C16H22N2O4/c1-11-7-8-14(18(21)22)13(9-11)16(20)17-10-15(19)12-5-3-2-4-6-12/h7-9,12,15,19H,2-6,10H2,1H3,(H,17,20)/t15-/m0/s1. The first kappa shape index (κ1) is 16.4. The molecule has 120 valence electrons. The van der Waals surface area contributed by atoms with E-state index in [1.54, 1.807) is 13.0 Å². The van der Waals surface area contributed by atoms with E-state index in [4.69, 9.17) is 0 Å². The number of benzene rings is 1. The summed E-state index contributed by atoms with van der Waals surface area (Å²) in [6.07, 6.45) is 4.78. The Morgan fingerprint density at radius 3 is 2.73 bits per heavy atom. The Labute approximate surface area is 129 Å². The van der Waals surface area contributed by atoms with E-state index >= 15 is 0 Å². The molecule has 0 bridgehead atoms. The molecule has 6 nitrogen and oxygen atoms in total. The number of hydrogen-bond acceptors (Lipinski definition) is 4. The molecule has 0 unspecified atom stereocenters. The van der Waals surface area contributed by atoms with Crippen molar-refractivity contribution in [1.29, 1.82) is 0 Å². The fourth-order valence-corrected chi connectivity index (χ4v) is 2.97. The maximum atomic E-state index is 12.2. The minimum Gasteiger partial charge on any atom is -0.391 e. The summed E-state index contributed by atoms with van der Waals surface area (Å²) in [6, 6.07) is 4.44. The maximum absolute atomic E-state index is 12.2. The van der Waals surface area contributed by atoms with E-state index in [-0.39, 0.29) is 23.7 Å². The predicted octanol–water partition coefficient (Wildman–Crippen LogP) is 2.57. The third-order valence-electron chi connectivity index (χ3n) is 4.26. The highest BCUT2D eigenvalue weighted by Gasteiger charge is 2.24. The van der Waals surface area contributed by atoms with Gasteiger partial charge in [-0.15, -0.1) is 0 Å². The molecule has 0 saturated heterocycles. The van der Waals surface area contributed by atoms with Gasteiger partial charge in [0.15, 0.2) is 0 Å². The van der Waals surface area contributed by atoms with Crippen LogP contribution in [0.4, 0.5) is 5.69 Å². The monoisotopic (exact) mass is 306 g/mol. The van der Waals surface area contributed by atoms with Crippen molar-refractivity contribution in [2.45, 2.75) is 45.1 Å². The number of carbonyl (C=O) groups excluding carboxylic acids is 1. The number of aliphatic hydroxyl groups excluding tert-OH is 1. The van der Waals surface area contributed by atoms with Crippen LogP contribution in [-0.2, 0) is 0 Å². The van der Waals surface area contributed by atoms with Gasteiger partial charge in [-0.05, 0) is 37.3 Å². The van der Waals surface area contributed by atoms with Crippen molar-refractivity contribution in [3.8, 4) is 0 Å². The van der Waals surface area contributed by atoms with Crippen molar-refractivity contribution in [3.63, 3.8) is 0 Å². The highest BCUT2D eigenvalue weighted by atomic mass is 16.6.